The highest BCUT2D eigenvalue weighted by Gasteiger charge is 2.36. The third-order valence-corrected chi connectivity index (χ3v) is 4.80. The number of nitrogens with one attached hydrogen (secondary N) is 2. The molecule has 1 saturated carbocycles. The lowest BCUT2D eigenvalue weighted by Gasteiger charge is -2.24. The van der Waals surface area contributed by atoms with Gasteiger partial charge in [0.05, 0.1) is 5.69 Å². The number of carbonyl (C=O) groups excluding carboxylic acids is 2. The molecule has 2 heterocycles. The standard InChI is InChI=1S/C17H26N4O3/c1-11-14(12(2)24-20-11)5-3-9-18-17(23)21-10-4-6-15(21)16(22)19-13-7-8-13/h13,15H,3-10H2,1-2H3,(H,18,23)(H,19,22)/t15-/m0/s1. The van der Waals surface area contributed by atoms with Crippen LogP contribution >= 0.6 is 0 Å². The lowest BCUT2D eigenvalue weighted by Crippen LogP contribution is -2.50. The summed E-state index contributed by atoms with van der Waals surface area (Å²) >= 11 is 0. The molecule has 1 aliphatic carbocycles. The molecule has 1 aromatic rings. The third-order valence-electron chi connectivity index (χ3n) is 4.80. The van der Waals surface area contributed by atoms with Crippen molar-refractivity contribution in [2.45, 2.75) is 64.5 Å². The topological polar surface area (TPSA) is 87.5 Å². The fourth-order valence-corrected chi connectivity index (χ4v) is 3.23. The minimum absolute atomic E-state index is 0.000807. The molecule has 3 rings (SSSR count). The molecule has 132 valence electrons. The largest absolute Gasteiger partial charge is 0.361 e. The SMILES string of the molecule is Cc1noc(C)c1CCCNC(=O)N1CCC[C@H]1C(=O)NC1CC1. The van der Waals surface area contributed by atoms with Crippen LogP contribution in [-0.2, 0) is 11.2 Å². The minimum Gasteiger partial charge on any atom is -0.361 e. The number of likely N-dealkylation sites (tertiary alicyclic amines) is 1. The summed E-state index contributed by atoms with van der Waals surface area (Å²) in [6.45, 7) is 5.06. The molecule has 3 amide bonds. The third kappa shape index (κ3) is 3.88. The molecule has 2 aliphatic rings. The molecule has 0 aromatic carbocycles. The maximum atomic E-state index is 12.4. The summed E-state index contributed by atoms with van der Waals surface area (Å²) in [6, 6.07) is -0.117. The predicted octanol–water partition coefficient (Wildman–Crippen LogP) is 1.68. The van der Waals surface area contributed by atoms with E-state index in [9.17, 15) is 9.59 Å². The van der Waals surface area contributed by atoms with Crippen molar-refractivity contribution in [1.29, 1.82) is 0 Å². The van der Waals surface area contributed by atoms with Gasteiger partial charge in [-0.3, -0.25) is 4.79 Å². The molecule has 7 heteroatoms. The van der Waals surface area contributed by atoms with E-state index in [0.717, 1.165) is 55.5 Å². The summed E-state index contributed by atoms with van der Waals surface area (Å²) in [7, 11) is 0. The van der Waals surface area contributed by atoms with Crippen LogP contribution < -0.4 is 10.6 Å². The van der Waals surface area contributed by atoms with Crippen LogP contribution in [0, 0.1) is 13.8 Å². The highest BCUT2D eigenvalue weighted by atomic mass is 16.5. The number of aryl methyl sites for hydroxylation is 2. The Morgan fingerprint density at radius 3 is 2.75 bits per heavy atom. The first-order valence-corrected chi connectivity index (χ1v) is 8.83. The van der Waals surface area contributed by atoms with E-state index in [0.29, 0.717) is 19.1 Å². The monoisotopic (exact) mass is 334 g/mol. The minimum atomic E-state index is -0.312. The highest BCUT2D eigenvalue weighted by molar-refractivity contribution is 5.88. The van der Waals surface area contributed by atoms with E-state index in [1.54, 1.807) is 4.90 Å². The van der Waals surface area contributed by atoms with Gasteiger partial charge in [0.25, 0.3) is 0 Å². The van der Waals surface area contributed by atoms with E-state index in [-0.39, 0.29) is 18.0 Å². The molecule has 2 fully saturated rings. The fourth-order valence-electron chi connectivity index (χ4n) is 3.23. The van der Waals surface area contributed by atoms with Crippen molar-refractivity contribution in [3.63, 3.8) is 0 Å². The number of hydrogen-bond acceptors (Lipinski definition) is 4. The molecule has 7 nitrogen and oxygen atoms in total. The van der Waals surface area contributed by atoms with E-state index >= 15 is 0 Å². The van der Waals surface area contributed by atoms with Crippen molar-refractivity contribution in [1.82, 2.24) is 20.7 Å². The van der Waals surface area contributed by atoms with Crippen molar-refractivity contribution >= 4 is 11.9 Å². The zero-order chi connectivity index (χ0) is 17.1. The van der Waals surface area contributed by atoms with Crippen molar-refractivity contribution in [2.75, 3.05) is 13.1 Å². The van der Waals surface area contributed by atoms with E-state index < -0.39 is 0 Å². The predicted molar refractivity (Wildman–Crippen MR) is 88.6 cm³/mol. The second-order valence-corrected chi connectivity index (χ2v) is 6.77. The zero-order valence-corrected chi connectivity index (χ0v) is 14.4. The summed E-state index contributed by atoms with van der Waals surface area (Å²) < 4.78 is 5.14. The molecule has 24 heavy (non-hydrogen) atoms. The van der Waals surface area contributed by atoms with Crippen molar-refractivity contribution in [3.05, 3.63) is 17.0 Å². The Morgan fingerprint density at radius 1 is 1.29 bits per heavy atom. The Morgan fingerprint density at radius 2 is 2.08 bits per heavy atom. The van der Waals surface area contributed by atoms with Gasteiger partial charge in [-0.1, -0.05) is 5.16 Å². The molecule has 1 aromatic heterocycles. The lowest BCUT2D eigenvalue weighted by atomic mass is 10.1. The number of aromatic nitrogens is 1. The maximum absolute atomic E-state index is 12.4. The number of urea groups is 1. The van der Waals surface area contributed by atoms with Crippen molar-refractivity contribution < 1.29 is 14.1 Å². The molecule has 0 bridgehead atoms. The molecular formula is C17H26N4O3. The Balaban J connectivity index is 1.43. The molecule has 0 radical (unpaired) electrons. The van der Waals surface area contributed by atoms with Gasteiger partial charge in [-0.2, -0.15) is 0 Å². The Labute approximate surface area is 142 Å². The van der Waals surface area contributed by atoms with Gasteiger partial charge in [0.2, 0.25) is 5.91 Å². The van der Waals surface area contributed by atoms with Crippen LogP contribution in [0.25, 0.3) is 0 Å². The quantitative estimate of drug-likeness (QED) is 0.775. The van der Waals surface area contributed by atoms with Crippen molar-refractivity contribution in [3.8, 4) is 0 Å². The molecule has 2 N–H and O–H groups in total. The Bertz CT molecular complexity index is 589. The molecule has 0 spiro atoms. The Kier molecular flexibility index (Phi) is 5.06. The van der Waals surface area contributed by atoms with E-state index in [4.69, 9.17) is 4.52 Å². The van der Waals surface area contributed by atoms with Crippen LogP contribution in [0.2, 0.25) is 0 Å². The van der Waals surface area contributed by atoms with Gasteiger partial charge in [-0.25, -0.2) is 4.79 Å². The van der Waals surface area contributed by atoms with E-state index in [1.165, 1.54) is 0 Å². The van der Waals surface area contributed by atoms with Gasteiger partial charge < -0.3 is 20.1 Å². The van der Waals surface area contributed by atoms with Crippen LogP contribution in [0.4, 0.5) is 4.79 Å². The summed E-state index contributed by atoms with van der Waals surface area (Å²) in [5.74, 6) is 0.844. The van der Waals surface area contributed by atoms with Crippen LogP contribution in [-0.4, -0.2) is 47.2 Å². The van der Waals surface area contributed by atoms with Crippen LogP contribution in [0.1, 0.15) is 49.1 Å². The zero-order valence-electron chi connectivity index (χ0n) is 14.4. The van der Waals surface area contributed by atoms with Crippen LogP contribution in [0.5, 0.6) is 0 Å². The molecule has 1 saturated heterocycles. The van der Waals surface area contributed by atoms with Gasteiger partial charge in [0.15, 0.2) is 0 Å². The summed E-state index contributed by atoms with van der Waals surface area (Å²) in [4.78, 5) is 26.3. The average Bonchev–Trinajstić information content (AvgIpc) is 3.12. The molecule has 0 unspecified atom stereocenters. The average molecular weight is 334 g/mol. The van der Waals surface area contributed by atoms with Gasteiger partial charge in [0.1, 0.15) is 11.8 Å². The first-order chi connectivity index (χ1) is 11.6. The molecule has 1 atom stereocenters. The number of nitrogens with zero attached hydrogens (tertiary/aromatic N) is 2. The second-order valence-electron chi connectivity index (χ2n) is 6.77. The van der Waals surface area contributed by atoms with Gasteiger partial charge in [0, 0.05) is 24.7 Å². The lowest BCUT2D eigenvalue weighted by molar-refractivity contribution is -0.124. The fraction of sp³-hybridized carbons (Fsp3) is 0.706. The second kappa shape index (κ2) is 7.23. The maximum Gasteiger partial charge on any atom is 0.318 e. The van der Waals surface area contributed by atoms with Crippen LogP contribution in [0.15, 0.2) is 4.52 Å². The summed E-state index contributed by atoms with van der Waals surface area (Å²) in [5, 5.41) is 9.87. The molecule has 1 aliphatic heterocycles. The van der Waals surface area contributed by atoms with E-state index in [2.05, 4.69) is 15.8 Å². The number of amides is 3. The Hall–Kier alpha value is -2.05. The number of hydrogen-bond donors (Lipinski definition) is 2. The number of rotatable bonds is 6. The van der Waals surface area contributed by atoms with Gasteiger partial charge in [-0.15, -0.1) is 0 Å². The first kappa shape index (κ1) is 16.8. The van der Waals surface area contributed by atoms with E-state index in [1.807, 2.05) is 13.8 Å². The van der Waals surface area contributed by atoms with Crippen LogP contribution in [0.3, 0.4) is 0 Å². The highest BCUT2D eigenvalue weighted by Crippen LogP contribution is 2.22. The first-order valence-electron chi connectivity index (χ1n) is 8.83. The summed E-state index contributed by atoms with van der Waals surface area (Å²) in [6.07, 6.45) is 5.41. The van der Waals surface area contributed by atoms with Gasteiger partial charge >= 0.3 is 6.03 Å². The molecular weight excluding hydrogens is 308 g/mol. The van der Waals surface area contributed by atoms with Crippen molar-refractivity contribution in [2.24, 2.45) is 0 Å². The summed E-state index contributed by atoms with van der Waals surface area (Å²) in [5.41, 5.74) is 2.03. The normalized spacial score (nSPS) is 20.2. The number of carbonyl (C=O) groups is 2. The van der Waals surface area contributed by atoms with Gasteiger partial charge in [-0.05, 0) is 52.4 Å². The smallest absolute Gasteiger partial charge is 0.318 e.